The minimum atomic E-state index is -0.451. The van der Waals surface area contributed by atoms with Gasteiger partial charge in [0.25, 0.3) is 11.6 Å². The molecule has 1 aromatic heterocycles. The summed E-state index contributed by atoms with van der Waals surface area (Å²) in [5.74, 6) is -0.146. The highest BCUT2D eigenvalue weighted by atomic mass is 32.1. The zero-order valence-corrected chi connectivity index (χ0v) is 15.0. The number of hydrogen-bond donors (Lipinski definition) is 0. The molecule has 1 saturated heterocycles. The number of non-ortho nitro benzene ring substituents is 1. The van der Waals surface area contributed by atoms with Crippen molar-refractivity contribution in [2.24, 2.45) is 0 Å². The zero-order valence-electron chi connectivity index (χ0n) is 14.2. The summed E-state index contributed by atoms with van der Waals surface area (Å²) in [6.07, 6.45) is 0.834. The molecule has 0 N–H and O–H groups in total. The zero-order chi connectivity index (χ0) is 18.1. The first-order chi connectivity index (χ1) is 12.6. The van der Waals surface area contributed by atoms with Gasteiger partial charge in [0.15, 0.2) is 0 Å². The lowest BCUT2D eigenvalue weighted by molar-refractivity contribution is -0.384. The molecule has 0 bridgehead atoms. The molecule has 0 spiro atoms. The molecule has 8 heteroatoms. The summed E-state index contributed by atoms with van der Waals surface area (Å²) in [6.45, 7) is 3.72. The van der Waals surface area contributed by atoms with E-state index < -0.39 is 4.92 Å². The molecule has 2 aliphatic rings. The number of fused-ring (bicyclic) bond motifs is 1. The van der Waals surface area contributed by atoms with Crippen LogP contribution in [0.2, 0.25) is 0 Å². The third kappa shape index (κ3) is 3.17. The van der Waals surface area contributed by atoms with Crippen molar-refractivity contribution in [2.45, 2.75) is 13.0 Å². The summed E-state index contributed by atoms with van der Waals surface area (Å²) in [6, 6.07) is 6.62. The van der Waals surface area contributed by atoms with E-state index in [4.69, 9.17) is 4.74 Å². The predicted molar refractivity (Wildman–Crippen MR) is 98.9 cm³/mol. The van der Waals surface area contributed by atoms with Crippen molar-refractivity contribution in [1.29, 1.82) is 0 Å². The first kappa shape index (κ1) is 17.0. The maximum Gasteiger partial charge on any atom is 0.270 e. The van der Waals surface area contributed by atoms with Gasteiger partial charge in [0, 0.05) is 43.2 Å². The third-order valence-corrected chi connectivity index (χ3v) is 5.89. The van der Waals surface area contributed by atoms with Gasteiger partial charge < -0.3 is 14.5 Å². The van der Waals surface area contributed by atoms with Crippen LogP contribution in [0.3, 0.4) is 0 Å². The monoisotopic (exact) mass is 373 g/mol. The van der Waals surface area contributed by atoms with E-state index in [1.165, 1.54) is 22.6 Å². The van der Waals surface area contributed by atoms with Gasteiger partial charge in [-0.25, -0.2) is 0 Å². The molecule has 1 amide bonds. The molecule has 0 atom stereocenters. The molecule has 2 aliphatic heterocycles. The summed E-state index contributed by atoms with van der Waals surface area (Å²) in [5, 5.41) is 13.3. The summed E-state index contributed by atoms with van der Waals surface area (Å²) in [4.78, 5) is 29.2. The van der Waals surface area contributed by atoms with Crippen molar-refractivity contribution in [1.82, 2.24) is 4.90 Å². The molecule has 136 valence electrons. The number of thiophene rings is 1. The van der Waals surface area contributed by atoms with E-state index in [0.717, 1.165) is 12.1 Å². The Labute approximate surface area is 154 Å². The van der Waals surface area contributed by atoms with Crippen molar-refractivity contribution in [3.8, 4) is 0 Å². The molecule has 0 aliphatic carbocycles. The van der Waals surface area contributed by atoms with Gasteiger partial charge >= 0.3 is 0 Å². The second-order valence-corrected chi connectivity index (χ2v) is 7.40. The van der Waals surface area contributed by atoms with Gasteiger partial charge in [-0.15, -0.1) is 11.3 Å². The van der Waals surface area contributed by atoms with E-state index in [1.54, 1.807) is 22.3 Å². The van der Waals surface area contributed by atoms with Gasteiger partial charge in [0.2, 0.25) is 0 Å². The van der Waals surface area contributed by atoms with Crippen molar-refractivity contribution in [2.75, 3.05) is 37.7 Å². The first-order valence-corrected chi connectivity index (χ1v) is 9.47. The maximum atomic E-state index is 13.2. The van der Waals surface area contributed by atoms with Crippen molar-refractivity contribution >= 4 is 28.6 Å². The Morgan fingerprint density at radius 3 is 2.77 bits per heavy atom. The summed E-state index contributed by atoms with van der Waals surface area (Å²) in [5.41, 5.74) is 2.27. The van der Waals surface area contributed by atoms with Crippen LogP contribution in [0, 0.1) is 10.1 Å². The lowest BCUT2D eigenvalue weighted by atomic mass is 10.1. The fourth-order valence-electron chi connectivity index (χ4n) is 3.48. The number of rotatable bonds is 3. The molecular formula is C18H19N3O4S. The van der Waals surface area contributed by atoms with Crippen LogP contribution in [0.25, 0.3) is 0 Å². The standard InChI is InChI=1S/C18H19N3O4S/c22-18(20-5-3-17-13(12-20)4-10-26-17)15-11-14(21(23)24)1-2-16(15)19-6-8-25-9-7-19/h1-2,4,10-11H,3,5-9,12H2. The van der Waals surface area contributed by atoms with Crippen LogP contribution >= 0.6 is 11.3 Å². The fourth-order valence-corrected chi connectivity index (χ4v) is 4.37. The molecule has 3 heterocycles. The number of carbonyl (C=O) groups is 1. The number of amides is 1. The minimum absolute atomic E-state index is 0.0569. The summed E-state index contributed by atoms with van der Waals surface area (Å²) >= 11 is 1.72. The molecular weight excluding hydrogens is 354 g/mol. The molecule has 7 nitrogen and oxygen atoms in total. The lowest BCUT2D eigenvalue weighted by Gasteiger charge is -2.32. The Balaban J connectivity index is 1.67. The number of nitrogens with zero attached hydrogens (tertiary/aromatic N) is 3. The molecule has 1 aromatic carbocycles. The van der Waals surface area contributed by atoms with Crippen LogP contribution in [-0.2, 0) is 17.7 Å². The second-order valence-electron chi connectivity index (χ2n) is 6.40. The van der Waals surface area contributed by atoms with Crippen LogP contribution < -0.4 is 4.90 Å². The molecule has 4 rings (SSSR count). The average molecular weight is 373 g/mol. The van der Waals surface area contributed by atoms with Crippen molar-refractivity contribution < 1.29 is 14.5 Å². The number of benzene rings is 1. The lowest BCUT2D eigenvalue weighted by Crippen LogP contribution is -2.39. The molecule has 2 aromatic rings. The van der Waals surface area contributed by atoms with Crippen molar-refractivity contribution in [3.63, 3.8) is 0 Å². The van der Waals surface area contributed by atoms with E-state index in [-0.39, 0.29) is 11.6 Å². The number of nitro benzene ring substituents is 1. The van der Waals surface area contributed by atoms with E-state index in [0.29, 0.717) is 45.0 Å². The molecule has 0 saturated carbocycles. The highest BCUT2D eigenvalue weighted by Gasteiger charge is 2.28. The normalized spacial score (nSPS) is 17.1. The van der Waals surface area contributed by atoms with Crippen LogP contribution in [0.4, 0.5) is 11.4 Å². The minimum Gasteiger partial charge on any atom is -0.378 e. The predicted octanol–water partition coefficient (Wildman–Crippen LogP) is 2.69. The highest BCUT2D eigenvalue weighted by molar-refractivity contribution is 7.10. The quantitative estimate of drug-likeness (QED) is 0.611. The fraction of sp³-hybridized carbons (Fsp3) is 0.389. The van der Waals surface area contributed by atoms with Crippen LogP contribution in [-0.4, -0.2) is 48.6 Å². The summed E-state index contributed by atoms with van der Waals surface area (Å²) in [7, 11) is 0. The van der Waals surface area contributed by atoms with Crippen molar-refractivity contribution in [3.05, 3.63) is 55.8 Å². The summed E-state index contributed by atoms with van der Waals surface area (Å²) < 4.78 is 5.39. The molecule has 1 fully saturated rings. The Bertz CT molecular complexity index is 845. The number of nitro groups is 1. The first-order valence-electron chi connectivity index (χ1n) is 8.59. The van der Waals surface area contributed by atoms with Gasteiger partial charge in [-0.05, 0) is 29.5 Å². The van der Waals surface area contributed by atoms with Crippen LogP contribution in [0.1, 0.15) is 20.8 Å². The smallest absolute Gasteiger partial charge is 0.270 e. The second kappa shape index (κ2) is 7.05. The van der Waals surface area contributed by atoms with Gasteiger partial charge in [0.1, 0.15) is 0 Å². The Kier molecular flexibility index (Phi) is 4.60. The van der Waals surface area contributed by atoms with E-state index >= 15 is 0 Å². The highest BCUT2D eigenvalue weighted by Crippen LogP contribution is 2.30. The molecule has 26 heavy (non-hydrogen) atoms. The van der Waals surface area contributed by atoms with Crippen LogP contribution in [0.5, 0.6) is 0 Å². The average Bonchev–Trinajstić information content (AvgIpc) is 3.15. The number of anilines is 1. The Morgan fingerprint density at radius 2 is 2.00 bits per heavy atom. The largest absolute Gasteiger partial charge is 0.378 e. The molecule has 0 radical (unpaired) electrons. The topological polar surface area (TPSA) is 75.9 Å². The number of ether oxygens (including phenoxy) is 1. The Morgan fingerprint density at radius 1 is 1.19 bits per heavy atom. The van der Waals surface area contributed by atoms with Gasteiger partial charge in [-0.3, -0.25) is 14.9 Å². The number of morpholine rings is 1. The van der Waals surface area contributed by atoms with E-state index in [2.05, 4.69) is 11.0 Å². The molecule has 0 unspecified atom stereocenters. The van der Waals surface area contributed by atoms with Gasteiger partial charge in [-0.2, -0.15) is 0 Å². The number of carbonyl (C=O) groups excluding carboxylic acids is 1. The van der Waals surface area contributed by atoms with Gasteiger partial charge in [0.05, 0.1) is 29.4 Å². The van der Waals surface area contributed by atoms with Crippen LogP contribution in [0.15, 0.2) is 29.6 Å². The maximum absolute atomic E-state index is 13.2. The SMILES string of the molecule is O=C(c1cc([N+](=O)[O-])ccc1N1CCOCC1)N1CCc2sccc2C1. The Hall–Kier alpha value is -2.45. The number of hydrogen-bond acceptors (Lipinski definition) is 6. The third-order valence-electron chi connectivity index (χ3n) is 4.87. The van der Waals surface area contributed by atoms with Gasteiger partial charge in [-0.1, -0.05) is 0 Å². The van der Waals surface area contributed by atoms with E-state index in [9.17, 15) is 14.9 Å². The van der Waals surface area contributed by atoms with E-state index in [1.807, 2.05) is 5.38 Å².